The van der Waals surface area contributed by atoms with Crippen molar-refractivity contribution in [2.24, 2.45) is 0 Å². The fraction of sp³-hybridized carbons (Fsp3) is 0.667. The smallest absolute Gasteiger partial charge is 0.378 e. The highest BCUT2D eigenvalue weighted by Crippen LogP contribution is 2.65. The van der Waals surface area contributed by atoms with Gasteiger partial charge in [0.15, 0.2) is 0 Å². The lowest BCUT2D eigenvalue weighted by Gasteiger charge is -2.23. The van der Waals surface area contributed by atoms with Gasteiger partial charge in [-0.25, -0.2) is 9.32 Å². The number of carbonyl (C=O) groups is 1. The Morgan fingerprint density at radius 1 is 1.67 bits per heavy atom. The molecule has 1 aliphatic rings. The maximum atomic E-state index is 12.1. The molecule has 86 valence electrons. The summed E-state index contributed by atoms with van der Waals surface area (Å²) in [5, 5.41) is 0.0127. The van der Waals surface area contributed by atoms with Crippen LogP contribution in [0, 0.1) is 0 Å². The minimum Gasteiger partial charge on any atom is -0.627 e. The third-order valence-corrected chi connectivity index (χ3v) is 4.08. The molecule has 1 rings (SSSR count). The Bertz CT molecular complexity index is 278. The van der Waals surface area contributed by atoms with Gasteiger partial charge in [-0.1, -0.05) is 6.92 Å². The Balaban J connectivity index is 2.90. The van der Waals surface area contributed by atoms with Crippen LogP contribution in [0.4, 0.5) is 0 Å². The molecule has 1 heterocycles. The Morgan fingerprint density at radius 2 is 2.33 bits per heavy atom. The van der Waals surface area contributed by atoms with Gasteiger partial charge in [-0.2, -0.15) is 4.52 Å². The number of esters is 1. The molecule has 2 atom stereocenters. The van der Waals surface area contributed by atoms with Gasteiger partial charge in [0, 0.05) is 6.08 Å². The predicted molar refractivity (Wildman–Crippen MR) is 53.8 cm³/mol. The summed E-state index contributed by atoms with van der Waals surface area (Å²) >= 11 is 0. The molecular weight excluding hydrogens is 219 g/mol. The molecule has 0 spiro atoms. The van der Waals surface area contributed by atoms with Crippen LogP contribution in [-0.2, 0) is 18.6 Å². The van der Waals surface area contributed by atoms with Gasteiger partial charge >= 0.3 is 5.97 Å². The lowest BCUT2D eigenvalue weighted by atomic mass is 10.2. The minimum atomic E-state index is -3.44. The Kier molecular flexibility index (Phi) is 4.22. The lowest BCUT2D eigenvalue weighted by Crippen LogP contribution is -2.20. The summed E-state index contributed by atoms with van der Waals surface area (Å²) in [5.41, 5.74) is 0. The number of hydrogen-bond acceptors (Lipinski definition) is 5. The quantitative estimate of drug-likeness (QED) is 0.536. The first-order valence-electron chi connectivity index (χ1n) is 4.81. The van der Waals surface area contributed by atoms with Crippen LogP contribution < -0.4 is 4.89 Å². The summed E-state index contributed by atoms with van der Waals surface area (Å²) in [6.45, 7) is 3.79. The van der Waals surface area contributed by atoms with E-state index in [1.807, 2.05) is 6.92 Å². The van der Waals surface area contributed by atoms with Crippen molar-refractivity contribution in [3.05, 3.63) is 11.4 Å². The van der Waals surface area contributed by atoms with E-state index in [-0.39, 0.29) is 18.0 Å². The van der Waals surface area contributed by atoms with Crippen molar-refractivity contribution in [1.82, 2.24) is 0 Å². The summed E-state index contributed by atoms with van der Waals surface area (Å²) < 4.78 is 14.8. The molecule has 5 nitrogen and oxygen atoms in total. The first-order chi connectivity index (χ1) is 7.07. The zero-order valence-corrected chi connectivity index (χ0v) is 9.95. The van der Waals surface area contributed by atoms with E-state index >= 15 is 0 Å². The zero-order valence-electron chi connectivity index (χ0n) is 9.06. The standard InChI is InChI=1S/C9H15O5P/c1-4-7-6-8(9(10)12-3)15(11,14-7)13-5-2/h6-7H,4-5H2,1-3H3. The second kappa shape index (κ2) is 5.03. The summed E-state index contributed by atoms with van der Waals surface area (Å²) in [6.07, 6.45) is 1.82. The molecular formula is C9H15O5P. The third-order valence-electron chi connectivity index (χ3n) is 2.01. The van der Waals surface area contributed by atoms with Gasteiger partial charge in [-0.3, -0.25) is 0 Å². The van der Waals surface area contributed by atoms with Gasteiger partial charge in [0.1, 0.15) is 6.10 Å². The van der Waals surface area contributed by atoms with E-state index in [9.17, 15) is 9.69 Å². The van der Waals surface area contributed by atoms with E-state index in [1.165, 1.54) is 13.2 Å². The van der Waals surface area contributed by atoms with E-state index in [4.69, 9.17) is 9.05 Å². The Hall–Kier alpha value is -0.480. The van der Waals surface area contributed by atoms with Crippen molar-refractivity contribution in [3.8, 4) is 0 Å². The molecule has 0 aromatic heterocycles. The Morgan fingerprint density at radius 3 is 2.80 bits per heavy atom. The lowest BCUT2D eigenvalue weighted by molar-refractivity contribution is -0.216. The van der Waals surface area contributed by atoms with Crippen molar-refractivity contribution < 1.29 is 23.5 Å². The zero-order chi connectivity index (χ0) is 11.5. The number of ether oxygens (including phenoxy) is 1. The van der Waals surface area contributed by atoms with Crippen LogP contribution in [0.2, 0.25) is 0 Å². The molecule has 0 radical (unpaired) electrons. The average Bonchev–Trinajstić information content (AvgIpc) is 2.55. The molecule has 1 aliphatic heterocycles. The third kappa shape index (κ3) is 2.55. The predicted octanol–water partition coefficient (Wildman–Crippen LogP) is 1.01. The van der Waals surface area contributed by atoms with Gasteiger partial charge < -0.3 is 9.63 Å². The topological polar surface area (TPSA) is 67.8 Å². The highest BCUT2D eigenvalue weighted by molar-refractivity contribution is 7.65. The molecule has 15 heavy (non-hydrogen) atoms. The van der Waals surface area contributed by atoms with Gasteiger partial charge in [-0.15, -0.1) is 0 Å². The summed E-state index contributed by atoms with van der Waals surface area (Å²) in [6, 6.07) is 0. The summed E-state index contributed by atoms with van der Waals surface area (Å²) in [4.78, 5) is 23.4. The maximum Gasteiger partial charge on any atom is 0.378 e. The normalized spacial score (nSPS) is 30.1. The molecule has 0 aliphatic carbocycles. The second-order valence-corrected chi connectivity index (χ2v) is 4.96. The van der Waals surface area contributed by atoms with Gasteiger partial charge in [0.25, 0.3) is 7.94 Å². The fourth-order valence-corrected chi connectivity index (χ4v) is 3.16. The van der Waals surface area contributed by atoms with Crippen molar-refractivity contribution in [1.29, 1.82) is 0 Å². The summed E-state index contributed by atoms with van der Waals surface area (Å²) in [7, 11) is -2.20. The molecule has 0 N–H and O–H groups in total. The molecule has 2 unspecified atom stereocenters. The fourth-order valence-electron chi connectivity index (χ4n) is 1.28. The van der Waals surface area contributed by atoms with Crippen molar-refractivity contribution in [3.63, 3.8) is 0 Å². The number of methoxy groups -OCH3 is 1. The average molecular weight is 234 g/mol. The second-order valence-electron chi connectivity index (χ2n) is 3.01. The number of rotatable bonds is 4. The maximum absolute atomic E-state index is 12.1. The van der Waals surface area contributed by atoms with Crippen LogP contribution in [0.15, 0.2) is 11.4 Å². The molecule has 0 amide bonds. The molecule has 0 aromatic rings. The van der Waals surface area contributed by atoms with E-state index in [0.29, 0.717) is 6.42 Å². The highest BCUT2D eigenvalue weighted by atomic mass is 31.2. The van der Waals surface area contributed by atoms with Crippen molar-refractivity contribution in [2.75, 3.05) is 13.7 Å². The van der Waals surface area contributed by atoms with Gasteiger partial charge in [-0.05, 0) is 13.3 Å². The molecule has 0 saturated heterocycles. The van der Waals surface area contributed by atoms with Crippen LogP contribution in [0.25, 0.3) is 0 Å². The van der Waals surface area contributed by atoms with Crippen molar-refractivity contribution >= 4 is 13.9 Å². The summed E-state index contributed by atoms with van der Waals surface area (Å²) in [5.74, 6) is -0.650. The van der Waals surface area contributed by atoms with E-state index < -0.39 is 13.9 Å². The van der Waals surface area contributed by atoms with Gasteiger partial charge in [0.2, 0.25) is 5.31 Å². The first-order valence-corrected chi connectivity index (χ1v) is 6.35. The van der Waals surface area contributed by atoms with E-state index in [0.717, 1.165) is 0 Å². The van der Waals surface area contributed by atoms with Crippen LogP contribution in [0.5, 0.6) is 0 Å². The number of hydrogen-bond donors (Lipinski definition) is 0. The van der Waals surface area contributed by atoms with Crippen LogP contribution in [0.3, 0.4) is 0 Å². The SMILES string of the molecule is CCO[P+]1([O-])OC(CC)C=C1C(=O)OC. The van der Waals surface area contributed by atoms with Crippen LogP contribution in [-0.4, -0.2) is 25.8 Å². The van der Waals surface area contributed by atoms with Gasteiger partial charge in [0.05, 0.1) is 13.7 Å². The molecule has 0 saturated carbocycles. The molecule has 6 heteroatoms. The molecule has 0 bridgehead atoms. The van der Waals surface area contributed by atoms with Crippen molar-refractivity contribution in [2.45, 2.75) is 26.4 Å². The molecule has 0 fully saturated rings. The molecule has 0 aromatic carbocycles. The van der Waals surface area contributed by atoms with Crippen LogP contribution >= 0.6 is 7.94 Å². The van der Waals surface area contributed by atoms with E-state index in [1.54, 1.807) is 6.92 Å². The monoisotopic (exact) mass is 234 g/mol. The number of carbonyl (C=O) groups excluding carboxylic acids is 1. The van der Waals surface area contributed by atoms with E-state index in [2.05, 4.69) is 4.74 Å². The highest BCUT2D eigenvalue weighted by Gasteiger charge is 2.48. The minimum absolute atomic E-state index is 0.0127. The first kappa shape index (κ1) is 12.6. The Labute approximate surface area is 89.6 Å². The van der Waals surface area contributed by atoms with Crippen LogP contribution in [0.1, 0.15) is 20.3 Å². The largest absolute Gasteiger partial charge is 0.627 e.